The molecule has 0 bridgehead atoms. The number of fused-ring (bicyclic) bond motifs is 1. The number of benzene rings is 3. The highest BCUT2D eigenvalue weighted by molar-refractivity contribution is 5.98. The van der Waals surface area contributed by atoms with Crippen LogP contribution in [-0.2, 0) is 11.2 Å². The van der Waals surface area contributed by atoms with Crippen LogP contribution >= 0.6 is 0 Å². The lowest BCUT2D eigenvalue weighted by Crippen LogP contribution is -2.42. The number of ketones is 1. The topological polar surface area (TPSA) is 74.3 Å². The number of carbonyl (C=O) groups is 2. The van der Waals surface area contributed by atoms with Gasteiger partial charge in [0.05, 0.1) is 27.4 Å². The molecule has 0 saturated carbocycles. The van der Waals surface area contributed by atoms with Crippen LogP contribution in [0.15, 0.2) is 66.7 Å². The van der Waals surface area contributed by atoms with Gasteiger partial charge in [-0.2, -0.15) is 0 Å². The average molecular weight is 490 g/mol. The summed E-state index contributed by atoms with van der Waals surface area (Å²) in [5.41, 5.74) is 2.65. The molecule has 1 heterocycles. The number of carbonyl (C=O) groups excluding carboxylic acids is 2. The fraction of sp³-hybridized carbons (Fsp3) is 0.310. The van der Waals surface area contributed by atoms with Gasteiger partial charge in [0, 0.05) is 24.9 Å². The molecule has 188 valence electrons. The van der Waals surface area contributed by atoms with Crippen molar-refractivity contribution in [1.29, 1.82) is 0 Å². The normalized spacial score (nSPS) is 14.5. The Morgan fingerprint density at radius 3 is 2.17 bits per heavy atom. The summed E-state index contributed by atoms with van der Waals surface area (Å²) in [4.78, 5) is 27.8. The van der Waals surface area contributed by atoms with Crippen molar-refractivity contribution in [2.45, 2.75) is 25.3 Å². The van der Waals surface area contributed by atoms with Crippen molar-refractivity contribution in [1.82, 2.24) is 4.90 Å². The fourth-order valence-electron chi connectivity index (χ4n) is 4.49. The van der Waals surface area contributed by atoms with E-state index in [1.165, 1.54) is 0 Å². The van der Waals surface area contributed by atoms with Gasteiger partial charge < -0.3 is 23.8 Å². The molecule has 3 aromatic rings. The maximum atomic E-state index is 13.4. The number of amides is 1. The smallest absolute Gasteiger partial charge is 0.223 e. The lowest BCUT2D eigenvalue weighted by atomic mass is 9.91. The van der Waals surface area contributed by atoms with Crippen molar-refractivity contribution in [3.8, 4) is 23.0 Å². The number of nitrogens with zero attached hydrogens (tertiary/aromatic N) is 1. The maximum absolute atomic E-state index is 13.4. The van der Waals surface area contributed by atoms with Crippen LogP contribution in [0, 0.1) is 0 Å². The van der Waals surface area contributed by atoms with E-state index in [9.17, 15) is 9.59 Å². The lowest BCUT2D eigenvalue weighted by Gasteiger charge is -2.37. The number of hydrogen-bond donors (Lipinski definition) is 0. The number of hydrogen-bond acceptors (Lipinski definition) is 6. The van der Waals surface area contributed by atoms with E-state index in [1.807, 2.05) is 59.5 Å². The van der Waals surface area contributed by atoms with Gasteiger partial charge in [-0.25, -0.2) is 0 Å². The van der Waals surface area contributed by atoms with Crippen LogP contribution in [0.3, 0.4) is 0 Å². The zero-order chi connectivity index (χ0) is 25.5. The molecule has 3 aromatic carbocycles. The van der Waals surface area contributed by atoms with E-state index in [2.05, 4.69) is 0 Å². The Hall–Kier alpha value is -4.00. The SMILES string of the molecule is COc1ccc(OCC2c3cc(OC)c(OC)cc3CCN2C(=O)CCC(=O)c2ccccc2)cc1. The first-order valence-electron chi connectivity index (χ1n) is 11.9. The monoisotopic (exact) mass is 489 g/mol. The van der Waals surface area contributed by atoms with Crippen LogP contribution in [0.1, 0.15) is 40.4 Å². The first-order valence-corrected chi connectivity index (χ1v) is 11.9. The Kier molecular flexibility index (Phi) is 8.10. The summed E-state index contributed by atoms with van der Waals surface area (Å²) < 4.78 is 22.4. The lowest BCUT2D eigenvalue weighted by molar-refractivity contribution is -0.134. The van der Waals surface area contributed by atoms with E-state index in [-0.39, 0.29) is 37.2 Å². The molecule has 0 N–H and O–H groups in total. The molecule has 0 spiro atoms. The molecule has 1 aliphatic rings. The molecular weight excluding hydrogens is 458 g/mol. The summed E-state index contributed by atoms with van der Waals surface area (Å²) in [5.74, 6) is 2.54. The number of ether oxygens (including phenoxy) is 4. The molecule has 0 radical (unpaired) electrons. The third-order valence-corrected chi connectivity index (χ3v) is 6.45. The summed E-state index contributed by atoms with van der Waals surface area (Å²) >= 11 is 0. The van der Waals surface area contributed by atoms with Gasteiger partial charge in [-0.1, -0.05) is 30.3 Å². The molecule has 1 atom stereocenters. The highest BCUT2D eigenvalue weighted by atomic mass is 16.5. The summed E-state index contributed by atoms with van der Waals surface area (Å²) in [5, 5.41) is 0. The van der Waals surface area contributed by atoms with Gasteiger partial charge in [0.25, 0.3) is 0 Å². The van der Waals surface area contributed by atoms with Gasteiger partial charge in [0.2, 0.25) is 5.91 Å². The maximum Gasteiger partial charge on any atom is 0.223 e. The standard InChI is InChI=1S/C29H31NO6/c1-33-22-9-11-23(12-10-22)36-19-25-24-18-28(35-3)27(34-2)17-21(24)15-16-30(25)29(32)14-13-26(31)20-7-5-4-6-8-20/h4-12,17-18,25H,13-16,19H2,1-3H3. The van der Waals surface area contributed by atoms with E-state index in [1.54, 1.807) is 33.5 Å². The predicted molar refractivity (Wildman–Crippen MR) is 136 cm³/mol. The number of rotatable bonds is 10. The molecule has 36 heavy (non-hydrogen) atoms. The van der Waals surface area contributed by atoms with Crippen LogP contribution in [0.25, 0.3) is 0 Å². The Bertz CT molecular complexity index is 1190. The van der Waals surface area contributed by atoms with Gasteiger partial charge in [0.1, 0.15) is 18.1 Å². The van der Waals surface area contributed by atoms with Crippen LogP contribution in [-0.4, -0.2) is 51.1 Å². The predicted octanol–water partition coefficient (Wildman–Crippen LogP) is 4.88. The Morgan fingerprint density at radius 1 is 0.833 bits per heavy atom. The molecule has 0 aliphatic carbocycles. The third kappa shape index (κ3) is 5.62. The Balaban J connectivity index is 1.56. The molecule has 0 saturated heterocycles. The highest BCUT2D eigenvalue weighted by Gasteiger charge is 2.33. The second kappa shape index (κ2) is 11.6. The molecule has 1 aliphatic heterocycles. The van der Waals surface area contributed by atoms with Gasteiger partial charge in [0.15, 0.2) is 17.3 Å². The summed E-state index contributed by atoms with van der Waals surface area (Å²) in [6, 6.07) is 19.9. The van der Waals surface area contributed by atoms with E-state index in [4.69, 9.17) is 18.9 Å². The van der Waals surface area contributed by atoms with Crippen molar-refractivity contribution < 1.29 is 28.5 Å². The second-order valence-electron chi connectivity index (χ2n) is 8.53. The van der Waals surface area contributed by atoms with E-state index >= 15 is 0 Å². The van der Waals surface area contributed by atoms with Crippen LogP contribution in [0.4, 0.5) is 0 Å². The van der Waals surface area contributed by atoms with Crippen molar-refractivity contribution in [3.63, 3.8) is 0 Å². The second-order valence-corrected chi connectivity index (χ2v) is 8.53. The minimum atomic E-state index is -0.338. The summed E-state index contributed by atoms with van der Waals surface area (Å²) in [6.07, 6.45) is 0.965. The third-order valence-electron chi connectivity index (χ3n) is 6.45. The molecule has 1 unspecified atom stereocenters. The van der Waals surface area contributed by atoms with Crippen molar-refractivity contribution in [3.05, 3.63) is 83.4 Å². The fourth-order valence-corrected chi connectivity index (χ4v) is 4.49. The van der Waals surface area contributed by atoms with E-state index in [0.29, 0.717) is 35.8 Å². The summed E-state index contributed by atoms with van der Waals surface area (Å²) in [6.45, 7) is 0.782. The largest absolute Gasteiger partial charge is 0.497 e. The van der Waals surface area contributed by atoms with E-state index in [0.717, 1.165) is 16.9 Å². The molecule has 7 heteroatoms. The molecule has 0 fully saturated rings. The minimum absolute atomic E-state index is 0.0428. The molecule has 1 amide bonds. The van der Waals surface area contributed by atoms with Gasteiger partial charge in [-0.15, -0.1) is 0 Å². The van der Waals surface area contributed by atoms with Gasteiger partial charge in [-0.3, -0.25) is 9.59 Å². The van der Waals surface area contributed by atoms with E-state index < -0.39 is 0 Å². The molecule has 7 nitrogen and oxygen atoms in total. The van der Waals surface area contributed by atoms with Crippen LogP contribution < -0.4 is 18.9 Å². The highest BCUT2D eigenvalue weighted by Crippen LogP contribution is 2.39. The number of methoxy groups -OCH3 is 3. The minimum Gasteiger partial charge on any atom is -0.497 e. The van der Waals surface area contributed by atoms with Crippen molar-refractivity contribution in [2.24, 2.45) is 0 Å². The molecular formula is C29H31NO6. The quantitative estimate of drug-likeness (QED) is 0.378. The summed E-state index contributed by atoms with van der Waals surface area (Å²) in [7, 11) is 4.81. The number of Topliss-reactive ketones (excluding diaryl/α,β-unsaturated/α-hetero) is 1. The van der Waals surface area contributed by atoms with Crippen LogP contribution in [0.5, 0.6) is 23.0 Å². The van der Waals surface area contributed by atoms with Crippen molar-refractivity contribution >= 4 is 11.7 Å². The first-order chi connectivity index (χ1) is 17.5. The van der Waals surface area contributed by atoms with Crippen molar-refractivity contribution in [2.75, 3.05) is 34.5 Å². The molecule has 4 rings (SSSR count). The average Bonchev–Trinajstić information content (AvgIpc) is 2.94. The van der Waals surface area contributed by atoms with Crippen LogP contribution in [0.2, 0.25) is 0 Å². The Labute approximate surface area is 211 Å². The van der Waals surface area contributed by atoms with Gasteiger partial charge >= 0.3 is 0 Å². The molecule has 0 aromatic heterocycles. The zero-order valence-corrected chi connectivity index (χ0v) is 20.9. The first kappa shape index (κ1) is 25.1. The Morgan fingerprint density at radius 2 is 1.50 bits per heavy atom. The zero-order valence-electron chi connectivity index (χ0n) is 20.9. The van der Waals surface area contributed by atoms with Gasteiger partial charge in [-0.05, 0) is 53.9 Å².